The third kappa shape index (κ3) is 5.20. The number of H-pyrrole nitrogens is 1. The Bertz CT molecular complexity index is 1460. The van der Waals surface area contributed by atoms with Crippen molar-refractivity contribution in [3.8, 4) is 11.4 Å². The second-order valence-electron chi connectivity index (χ2n) is 9.12. The van der Waals surface area contributed by atoms with Crippen LogP contribution < -0.4 is 5.32 Å². The first-order chi connectivity index (χ1) is 17.9. The Balaban J connectivity index is 1.49. The Morgan fingerprint density at radius 1 is 0.921 bits per heavy atom. The molecule has 0 radical (unpaired) electrons. The number of rotatable bonds is 4. The summed E-state index contributed by atoms with van der Waals surface area (Å²) in [4.78, 5) is 15.7. The molecule has 2 aromatic heterocycles. The second-order valence-corrected chi connectivity index (χ2v) is 9.12. The maximum absolute atomic E-state index is 14.7. The van der Waals surface area contributed by atoms with Crippen LogP contribution in [0.1, 0.15) is 52.4 Å². The van der Waals surface area contributed by atoms with Gasteiger partial charge in [-0.25, -0.2) is 19.3 Å². The molecule has 198 valence electrons. The van der Waals surface area contributed by atoms with Gasteiger partial charge in [0.15, 0.2) is 0 Å². The van der Waals surface area contributed by atoms with Crippen molar-refractivity contribution in [2.24, 2.45) is 0 Å². The average molecular weight is 535 g/mol. The Morgan fingerprint density at radius 3 is 2.24 bits per heavy atom. The molecule has 0 aliphatic heterocycles. The van der Waals surface area contributed by atoms with Gasteiger partial charge in [-0.05, 0) is 73.7 Å². The van der Waals surface area contributed by atoms with Crippen LogP contribution in [-0.2, 0) is 18.8 Å². The number of imidazole rings is 1. The van der Waals surface area contributed by atoms with Crippen molar-refractivity contribution in [2.75, 3.05) is 5.32 Å². The molecule has 1 aliphatic rings. The van der Waals surface area contributed by atoms with Gasteiger partial charge in [0.25, 0.3) is 0 Å². The lowest BCUT2D eigenvalue weighted by atomic mass is 9.81. The molecule has 0 saturated heterocycles. The summed E-state index contributed by atoms with van der Waals surface area (Å²) in [5.74, 6) is -0.964. The van der Waals surface area contributed by atoms with Gasteiger partial charge in [-0.15, -0.1) is 0 Å². The van der Waals surface area contributed by atoms with Crippen LogP contribution in [0.2, 0.25) is 0 Å². The number of benzene rings is 2. The topological polar surface area (TPSA) is 66.5 Å². The number of nitrogens with one attached hydrogen (secondary N) is 2. The van der Waals surface area contributed by atoms with E-state index >= 15 is 0 Å². The standard InChI is InChI=1S/C26H20F7N5/c1-13-11-34-23(36-13)20-6-5-18(10-21(20)27)37-24-35-12-14-3-2-4-19(22(14)38-24)15-7-16(25(28,29)30)9-17(8-15)26(31,32)33/h5-12,19H,2-4H2,1H3,(H,34,36)(H,35,37,38). The van der Waals surface area contributed by atoms with Crippen molar-refractivity contribution < 1.29 is 30.7 Å². The molecule has 5 nitrogen and oxygen atoms in total. The van der Waals surface area contributed by atoms with Crippen molar-refractivity contribution in [2.45, 2.75) is 44.5 Å². The van der Waals surface area contributed by atoms with Gasteiger partial charge in [0.2, 0.25) is 5.95 Å². The summed E-state index contributed by atoms with van der Waals surface area (Å²) in [6, 6.07) is 5.92. The monoisotopic (exact) mass is 535 g/mol. The van der Waals surface area contributed by atoms with Crippen LogP contribution in [0.15, 0.2) is 48.8 Å². The van der Waals surface area contributed by atoms with Crippen molar-refractivity contribution in [3.05, 3.63) is 88.3 Å². The first-order valence-electron chi connectivity index (χ1n) is 11.6. The molecule has 0 amide bonds. The van der Waals surface area contributed by atoms with E-state index < -0.39 is 35.2 Å². The molecule has 0 saturated carbocycles. The van der Waals surface area contributed by atoms with E-state index in [1.165, 1.54) is 18.3 Å². The average Bonchev–Trinajstić information content (AvgIpc) is 3.28. The number of nitrogens with zero attached hydrogens (tertiary/aromatic N) is 3. The minimum Gasteiger partial charge on any atom is -0.342 e. The highest BCUT2D eigenvalue weighted by Gasteiger charge is 2.38. The Hall–Kier alpha value is -3.96. The van der Waals surface area contributed by atoms with Gasteiger partial charge < -0.3 is 10.3 Å². The summed E-state index contributed by atoms with van der Waals surface area (Å²) >= 11 is 0. The van der Waals surface area contributed by atoms with Gasteiger partial charge in [-0.3, -0.25) is 0 Å². The molecule has 0 fully saturated rings. The molecule has 1 aliphatic carbocycles. The van der Waals surface area contributed by atoms with Crippen LogP contribution in [0, 0.1) is 12.7 Å². The van der Waals surface area contributed by atoms with E-state index in [4.69, 9.17) is 0 Å². The van der Waals surface area contributed by atoms with Gasteiger partial charge in [-0.1, -0.05) is 0 Å². The summed E-state index contributed by atoms with van der Waals surface area (Å²) < 4.78 is 95.4. The van der Waals surface area contributed by atoms with E-state index in [-0.39, 0.29) is 23.1 Å². The van der Waals surface area contributed by atoms with Crippen molar-refractivity contribution >= 4 is 11.6 Å². The van der Waals surface area contributed by atoms with E-state index in [9.17, 15) is 30.7 Å². The number of fused-ring (bicyclic) bond motifs is 1. The fraction of sp³-hybridized carbons (Fsp3) is 0.269. The third-order valence-corrected chi connectivity index (χ3v) is 6.36. The lowest BCUT2D eigenvalue weighted by Crippen LogP contribution is -2.18. The predicted octanol–water partition coefficient (Wildman–Crippen LogP) is 7.56. The number of anilines is 2. The molecule has 1 atom stereocenters. The molecule has 4 aromatic rings. The number of hydrogen-bond donors (Lipinski definition) is 2. The van der Waals surface area contributed by atoms with Crippen LogP contribution in [-0.4, -0.2) is 19.9 Å². The van der Waals surface area contributed by atoms with Crippen LogP contribution in [0.5, 0.6) is 0 Å². The normalized spacial score (nSPS) is 15.8. The van der Waals surface area contributed by atoms with E-state index in [0.717, 1.165) is 17.8 Å². The fourth-order valence-electron chi connectivity index (χ4n) is 4.58. The Morgan fingerprint density at radius 2 is 1.63 bits per heavy atom. The molecule has 0 bridgehead atoms. The number of aryl methyl sites for hydroxylation is 2. The zero-order valence-electron chi connectivity index (χ0n) is 19.8. The Kier molecular flexibility index (Phi) is 6.36. The van der Waals surface area contributed by atoms with Crippen LogP contribution in [0.25, 0.3) is 11.4 Å². The maximum atomic E-state index is 14.7. The number of hydrogen-bond acceptors (Lipinski definition) is 4. The number of alkyl halides is 6. The smallest absolute Gasteiger partial charge is 0.342 e. The molecule has 0 spiro atoms. The molecule has 2 N–H and O–H groups in total. The maximum Gasteiger partial charge on any atom is 0.416 e. The van der Waals surface area contributed by atoms with E-state index in [1.807, 2.05) is 0 Å². The predicted molar refractivity (Wildman–Crippen MR) is 125 cm³/mol. The van der Waals surface area contributed by atoms with Crippen LogP contribution >= 0.6 is 0 Å². The van der Waals surface area contributed by atoms with Crippen LogP contribution in [0.4, 0.5) is 42.4 Å². The summed E-state index contributed by atoms with van der Waals surface area (Å²) in [5.41, 5.74) is -0.575. The number of halogens is 7. The molecular formula is C26H20F7N5. The minimum absolute atomic E-state index is 0.0414. The number of aromatic nitrogens is 4. The summed E-state index contributed by atoms with van der Waals surface area (Å²) in [5, 5.41) is 2.87. The lowest BCUT2D eigenvalue weighted by Gasteiger charge is -2.26. The minimum atomic E-state index is -4.95. The molecule has 12 heteroatoms. The zero-order chi connectivity index (χ0) is 27.2. The quantitative estimate of drug-likeness (QED) is 0.265. The highest BCUT2D eigenvalue weighted by Crippen LogP contribution is 2.42. The van der Waals surface area contributed by atoms with E-state index in [0.29, 0.717) is 42.0 Å². The van der Waals surface area contributed by atoms with E-state index in [2.05, 4.69) is 25.3 Å². The largest absolute Gasteiger partial charge is 0.416 e. The van der Waals surface area contributed by atoms with Gasteiger partial charge in [0.1, 0.15) is 11.6 Å². The van der Waals surface area contributed by atoms with Gasteiger partial charge in [-0.2, -0.15) is 26.3 Å². The van der Waals surface area contributed by atoms with Gasteiger partial charge in [0.05, 0.1) is 22.4 Å². The third-order valence-electron chi connectivity index (χ3n) is 6.36. The summed E-state index contributed by atoms with van der Waals surface area (Å²) in [7, 11) is 0. The van der Waals surface area contributed by atoms with Crippen molar-refractivity contribution in [1.29, 1.82) is 0 Å². The molecule has 38 heavy (non-hydrogen) atoms. The van der Waals surface area contributed by atoms with Gasteiger partial charge >= 0.3 is 12.4 Å². The lowest BCUT2D eigenvalue weighted by molar-refractivity contribution is -0.143. The molecule has 5 rings (SSSR count). The SMILES string of the molecule is Cc1cnc(-c2ccc(Nc3ncc4c(n3)C(c3cc(C(F)(F)F)cc(C(F)(F)F)c3)CCC4)cc2F)[nH]1. The molecule has 2 aromatic carbocycles. The Labute approximate surface area is 212 Å². The highest BCUT2D eigenvalue weighted by molar-refractivity contribution is 5.63. The summed E-state index contributed by atoms with van der Waals surface area (Å²) in [6.45, 7) is 1.79. The van der Waals surface area contributed by atoms with E-state index in [1.54, 1.807) is 19.2 Å². The number of aromatic amines is 1. The first kappa shape index (κ1) is 25.7. The van der Waals surface area contributed by atoms with Gasteiger partial charge in [0, 0.05) is 29.7 Å². The molecular weight excluding hydrogens is 515 g/mol. The van der Waals surface area contributed by atoms with Crippen molar-refractivity contribution in [3.63, 3.8) is 0 Å². The molecule has 1 unspecified atom stereocenters. The van der Waals surface area contributed by atoms with Crippen molar-refractivity contribution in [1.82, 2.24) is 19.9 Å². The second kappa shape index (κ2) is 9.41. The first-order valence-corrected chi connectivity index (χ1v) is 11.6. The highest BCUT2D eigenvalue weighted by atomic mass is 19.4. The molecule has 2 heterocycles. The van der Waals surface area contributed by atoms with Crippen LogP contribution in [0.3, 0.4) is 0 Å². The zero-order valence-corrected chi connectivity index (χ0v) is 19.8. The fourth-order valence-corrected chi connectivity index (χ4v) is 4.58. The summed E-state index contributed by atoms with van der Waals surface area (Å²) in [6.07, 6.45) is -5.44.